The molecule has 4 heteroatoms. The topological polar surface area (TPSA) is 26.5 Å². The molecule has 0 aliphatic heterocycles. The van der Waals surface area contributed by atoms with Gasteiger partial charge in [0.2, 0.25) is 0 Å². The van der Waals surface area contributed by atoms with Gasteiger partial charge < -0.3 is 4.74 Å². The van der Waals surface area contributed by atoms with Crippen LogP contribution >= 0.6 is 11.6 Å². The number of aryl methyl sites for hydroxylation is 1. The third kappa shape index (κ3) is 1.57. The molecule has 0 aliphatic carbocycles. The quantitative estimate of drug-likeness (QED) is 0.750. The fourth-order valence-corrected chi connectivity index (χ4v) is 1.94. The Bertz CT molecular complexity index is 479. The molecule has 15 heavy (non-hydrogen) atoms. The summed E-state index contributed by atoms with van der Waals surface area (Å²) in [5.41, 5.74) is 1.94. The van der Waals surface area contributed by atoms with Gasteiger partial charge in [-0.05, 0) is 12.1 Å². The zero-order chi connectivity index (χ0) is 10.8. The third-order valence-electron chi connectivity index (χ3n) is 2.42. The predicted octanol–water partition coefficient (Wildman–Crippen LogP) is 2.64. The van der Waals surface area contributed by atoms with Crippen molar-refractivity contribution < 1.29 is 4.74 Å². The maximum absolute atomic E-state index is 5.86. The van der Waals surface area contributed by atoms with Crippen molar-refractivity contribution in [3.05, 3.63) is 29.7 Å². The largest absolute Gasteiger partial charge is 0.482 e. The first-order valence-electron chi connectivity index (χ1n) is 4.91. The molecular weight excluding hydrogens is 212 g/mol. The van der Waals surface area contributed by atoms with Gasteiger partial charge in [0.05, 0.1) is 24.2 Å². The molecule has 0 N–H and O–H groups in total. The first-order chi connectivity index (χ1) is 7.31. The minimum atomic E-state index is 0.427. The van der Waals surface area contributed by atoms with E-state index in [1.807, 2.05) is 22.6 Å². The number of hydrogen-bond donors (Lipinski definition) is 0. The van der Waals surface area contributed by atoms with Crippen LogP contribution in [0.4, 0.5) is 0 Å². The van der Waals surface area contributed by atoms with Crippen molar-refractivity contribution >= 4 is 17.1 Å². The van der Waals surface area contributed by atoms with Crippen molar-refractivity contribution in [2.45, 2.75) is 19.2 Å². The number of hydrogen-bond acceptors (Lipinski definition) is 2. The van der Waals surface area contributed by atoms with Crippen LogP contribution in [0.1, 0.15) is 18.4 Å². The molecular formula is C11H13ClN2O. The summed E-state index contributed by atoms with van der Waals surface area (Å²) in [6, 6.07) is 5.88. The van der Waals surface area contributed by atoms with E-state index >= 15 is 0 Å². The third-order valence-corrected chi connectivity index (χ3v) is 2.68. The average Bonchev–Trinajstić information content (AvgIpc) is 2.66. The lowest BCUT2D eigenvalue weighted by Gasteiger charge is -2.05. The van der Waals surface area contributed by atoms with Crippen molar-refractivity contribution in [3.63, 3.8) is 0 Å². The van der Waals surface area contributed by atoms with Gasteiger partial charge in [-0.2, -0.15) is 0 Å². The summed E-state index contributed by atoms with van der Waals surface area (Å²) >= 11 is 5.86. The number of nitrogens with zero attached hydrogens (tertiary/aromatic N) is 2. The fourth-order valence-electron chi connectivity index (χ4n) is 1.74. The lowest BCUT2D eigenvalue weighted by atomic mass is 10.3. The molecule has 2 aromatic heterocycles. The van der Waals surface area contributed by atoms with E-state index in [4.69, 9.17) is 16.3 Å². The van der Waals surface area contributed by atoms with Crippen molar-refractivity contribution in [1.29, 1.82) is 0 Å². The summed E-state index contributed by atoms with van der Waals surface area (Å²) in [5, 5.41) is 0. The number of fused-ring (bicyclic) bond motifs is 1. The van der Waals surface area contributed by atoms with E-state index in [1.165, 1.54) is 0 Å². The van der Waals surface area contributed by atoms with E-state index in [0.29, 0.717) is 5.88 Å². The van der Waals surface area contributed by atoms with Gasteiger partial charge >= 0.3 is 0 Å². The molecule has 2 heterocycles. The van der Waals surface area contributed by atoms with Crippen LogP contribution in [-0.4, -0.2) is 16.5 Å². The van der Waals surface area contributed by atoms with Crippen LogP contribution in [0.25, 0.3) is 5.52 Å². The Hall–Kier alpha value is -1.22. The Labute approximate surface area is 93.6 Å². The maximum atomic E-state index is 5.86. The van der Waals surface area contributed by atoms with E-state index < -0.39 is 0 Å². The van der Waals surface area contributed by atoms with E-state index in [-0.39, 0.29) is 0 Å². The lowest BCUT2D eigenvalue weighted by Crippen LogP contribution is -1.97. The van der Waals surface area contributed by atoms with Gasteiger partial charge in [0, 0.05) is 6.42 Å². The normalized spacial score (nSPS) is 10.9. The Kier molecular flexibility index (Phi) is 2.82. The molecule has 0 fully saturated rings. The van der Waals surface area contributed by atoms with Gasteiger partial charge in [0.15, 0.2) is 5.88 Å². The van der Waals surface area contributed by atoms with Gasteiger partial charge in [-0.15, -0.1) is 11.6 Å². The van der Waals surface area contributed by atoms with E-state index in [2.05, 4.69) is 11.9 Å². The second-order valence-corrected chi connectivity index (χ2v) is 3.52. The predicted molar refractivity (Wildman–Crippen MR) is 60.7 cm³/mol. The number of methoxy groups -OCH3 is 1. The SMILES string of the molecule is CCc1nc(CCl)c2cccc(OC)n12. The maximum Gasteiger partial charge on any atom is 0.199 e. The summed E-state index contributed by atoms with van der Waals surface area (Å²) in [4.78, 5) is 4.49. The van der Waals surface area contributed by atoms with Gasteiger partial charge in [-0.25, -0.2) is 4.98 Å². The molecule has 2 rings (SSSR count). The molecule has 3 nitrogen and oxygen atoms in total. The van der Waals surface area contributed by atoms with Crippen LogP contribution < -0.4 is 4.74 Å². The summed E-state index contributed by atoms with van der Waals surface area (Å²) < 4.78 is 7.32. The number of alkyl halides is 1. The van der Waals surface area contributed by atoms with Crippen molar-refractivity contribution in [2.75, 3.05) is 7.11 Å². The van der Waals surface area contributed by atoms with E-state index in [9.17, 15) is 0 Å². The van der Waals surface area contributed by atoms with Crippen LogP contribution in [0.15, 0.2) is 18.2 Å². The van der Waals surface area contributed by atoms with Crippen molar-refractivity contribution in [3.8, 4) is 5.88 Å². The summed E-state index contributed by atoms with van der Waals surface area (Å²) in [6.45, 7) is 2.07. The first-order valence-corrected chi connectivity index (χ1v) is 5.44. The highest BCUT2D eigenvalue weighted by Crippen LogP contribution is 2.22. The molecule has 0 radical (unpaired) electrons. The number of ether oxygens (including phenoxy) is 1. The number of rotatable bonds is 3. The molecule has 80 valence electrons. The fraction of sp³-hybridized carbons (Fsp3) is 0.364. The first kappa shape index (κ1) is 10.3. The number of halogens is 1. The van der Waals surface area contributed by atoms with Crippen LogP contribution in [0.2, 0.25) is 0 Å². The average molecular weight is 225 g/mol. The zero-order valence-corrected chi connectivity index (χ0v) is 9.58. The highest BCUT2D eigenvalue weighted by Gasteiger charge is 2.11. The molecule has 0 aromatic carbocycles. The van der Waals surface area contributed by atoms with Gasteiger partial charge in [-0.1, -0.05) is 13.0 Å². The van der Waals surface area contributed by atoms with E-state index in [1.54, 1.807) is 7.11 Å². The number of imidazole rings is 1. The second-order valence-electron chi connectivity index (χ2n) is 3.25. The van der Waals surface area contributed by atoms with Gasteiger partial charge in [-0.3, -0.25) is 4.40 Å². The van der Waals surface area contributed by atoms with Gasteiger partial charge in [0.25, 0.3) is 0 Å². The number of aromatic nitrogens is 2. The lowest BCUT2D eigenvalue weighted by molar-refractivity contribution is 0.390. The molecule has 0 saturated carbocycles. The highest BCUT2D eigenvalue weighted by molar-refractivity contribution is 6.17. The minimum absolute atomic E-state index is 0.427. The van der Waals surface area contributed by atoms with Crippen LogP contribution in [0.5, 0.6) is 5.88 Å². The Morgan fingerprint density at radius 2 is 2.27 bits per heavy atom. The summed E-state index contributed by atoms with van der Waals surface area (Å²) in [7, 11) is 1.66. The van der Waals surface area contributed by atoms with Gasteiger partial charge in [0.1, 0.15) is 5.82 Å². The minimum Gasteiger partial charge on any atom is -0.482 e. The Morgan fingerprint density at radius 1 is 1.47 bits per heavy atom. The molecule has 0 atom stereocenters. The highest BCUT2D eigenvalue weighted by atomic mass is 35.5. The van der Waals surface area contributed by atoms with Crippen LogP contribution in [0, 0.1) is 0 Å². The molecule has 2 aromatic rings. The molecule has 0 unspecified atom stereocenters. The zero-order valence-electron chi connectivity index (χ0n) is 8.83. The van der Waals surface area contributed by atoms with Crippen LogP contribution in [0.3, 0.4) is 0 Å². The van der Waals surface area contributed by atoms with E-state index in [0.717, 1.165) is 29.3 Å². The molecule has 0 aliphatic rings. The molecule has 0 amide bonds. The monoisotopic (exact) mass is 224 g/mol. The smallest absolute Gasteiger partial charge is 0.199 e. The summed E-state index contributed by atoms with van der Waals surface area (Å²) in [5.74, 6) is 2.21. The number of pyridine rings is 1. The van der Waals surface area contributed by atoms with Crippen LogP contribution in [-0.2, 0) is 12.3 Å². The second kappa shape index (κ2) is 4.11. The van der Waals surface area contributed by atoms with Crippen molar-refractivity contribution in [1.82, 2.24) is 9.38 Å². The molecule has 0 saturated heterocycles. The van der Waals surface area contributed by atoms with Crippen molar-refractivity contribution in [2.24, 2.45) is 0 Å². The Balaban J connectivity index is 2.78. The molecule has 0 bridgehead atoms. The standard InChI is InChI=1S/C11H13ClN2O/c1-3-10-13-8(7-12)9-5-4-6-11(15-2)14(9)10/h4-6H,3,7H2,1-2H3. The molecule has 0 spiro atoms. The summed E-state index contributed by atoms with van der Waals surface area (Å²) in [6.07, 6.45) is 0.860. The Morgan fingerprint density at radius 3 is 2.87 bits per heavy atom.